The van der Waals surface area contributed by atoms with Gasteiger partial charge in [-0.3, -0.25) is 4.98 Å². The number of fused-ring (bicyclic) bond motifs is 1. The molecule has 0 aliphatic rings. The van der Waals surface area contributed by atoms with Crippen LogP contribution in [0.3, 0.4) is 0 Å². The predicted molar refractivity (Wildman–Crippen MR) is 86.9 cm³/mol. The molecule has 0 N–H and O–H groups in total. The zero-order valence-corrected chi connectivity index (χ0v) is 13.2. The van der Waals surface area contributed by atoms with Gasteiger partial charge in [0.05, 0.1) is 5.52 Å². The van der Waals surface area contributed by atoms with E-state index in [1.165, 1.54) is 0 Å². The summed E-state index contributed by atoms with van der Waals surface area (Å²) in [5.41, 5.74) is 2.58. The highest BCUT2D eigenvalue weighted by Crippen LogP contribution is 2.31. The number of rotatable bonds is 2. The van der Waals surface area contributed by atoms with Gasteiger partial charge in [0.1, 0.15) is 10.3 Å². The summed E-state index contributed by atoms with van der Waals surface area (Å²) < 4.78 is 0. The molecule has 0 fully saturated rings. The minimum atomic E-state index is 0.180. The van der Waals surface area contributed by atoms with E-state index in [-0.39, 0.29) is 5.92 Å². The van der Waals surface area contributed by atoms with Crippen molar-refractivity contribution >= 4 is 34.1 Å². The van der Waals surface area contributed by atoms with E-state index in [1.807, 2.05) is 44.2 Å². The zero-order chi connectivity index (χ0) is 15.0. The predicted octanol–water partition coefficient (Wildman–Crippen LogP) is 5.12. The standard InChI is InChI=1S/C16H13Cl2N3/c1-9(2)13-14(17)20-16(21-15(13)18)11-5-6-12-10(8-11)4-3-7-19-12/h3-9H,1-2H3. The number of aromatic nitrogens is 3. The average molecular weight is 318 g/mol. The molecule has 0 aliphatic heterocycles. The number of nitrogens with zero attached hydrogens (tertiary/aromatic N) is 3. The number of benzene rings is 1. The first-order valence-electron chi connectivity index (χ1n) is 6.64. The van der Waals surface area contributed by atoms with Crippen LogP contribution in [0.4, 0.5) is 0 Å². The molecule has 0 saturated heterocycles. The van der Waals surface area contributed by atoms with E-state index in [4.69, 9.17) is 23.2 Å². The fourth-order valence-electron chi connectivity index (χ4n) is 2.24. The first-order chi connectivity index (χ1) is 10.1. The van der Waals surface area contributed by atoms with E-state index in [0.29, 0.717) is 16.1 Å². The van der Waals surface area contributed by atoms with Crippen LogP contribution < -0.4 is 0 Å². The Kier molecular flexibility index (Phi) is 3.79. The van der Waals surface area contributed by atoms with Crippen molar-refractivity contribution < 1.29 is 0 Å². The fraction of sp³-hybridized carbons (Fsp3) is 0.188. The summed E-state index contributed by atoms with van der Waals surface area (Å²) in [5.74, 6) is 0.708. The summed E-state index contributed by atoms with van der Waals surface area (Å²) in [5, 5.41) is 1.84. The van der Waals surface area contributed by atoms with Crippen LogP contribution in [0.1, 0.15) is 25.3 Å². The Morgan fingerprint density at radius 3 is 2.38 bits per heavy atom. The molecular weight excluding hydrogens is 305 g/mol. The Morgan fingerprint density at radius 1 is 1.00 bits per heavy atom. The van der Waals surface area contributed by atoms with Gasteiger partial charge in [-0.2, -0.15) is 0 Å². The van der Waals surface area contributed by atoms with E-state index in [1.54, 1.807) is 6.20 Å². The molecule has 0 radical (unpaired) electrons. The Bertz CT molecular complexity index is 792. The smallest absolute Gasteiger partial charge is 0.162 e. The number of hydrogen-bond donors (Lipinski definition) is 0. The van der Waals surface area contributed by atoms with Gasteiger partial charge in [0.2, 0.25) is 0 Å². The maximum absolute atomic E-state index is 6.25. The second-order valence-electron chi connectivity index (χ2n) is 5.11. The lowest BCUT2D eigenvalue weighted by molar-refractivity contribution is 0.848. The molecule has 0 saturated carbocycles. The monoisotopic (exact) mass is 317 g/mol. The van der Waals surface area contributed by atoms with Crippen LogP contribution in [0.5, 0.6) is 0 Å². The third-order valence-corrected chi connectivity index (χ3v) is 3.87. The topological polar surface area (TPSA) is 38.7 Å². The molecule has 0 unspecified atom stereocenters. The maximum atomic E-state index is 6.25. The number of halogens is 2. The first kappa shape index (κ1) is 14.2. The highest BCUT2D eigenvalue weighted by atomic mass is 35.5. The van der Waals surface area contributed by atoms with Crippen molar-refractivity contribution in [3.8, 4) is 11.4 Å². The van der Waals surface area contributed by atoms with Crippen molar-refractivity contribution in [3.05, 3.63) is 52.4 Å². The zero-order valence-electron chi connectivity index (χ0n) is 11.6. The molecule has 106 valence electrons. The lowest BCUT2D eigenvalue weighted by Gasteiger charge is -2.11. The van der Waals surface area contributed by atoms with Crippen LogP contribution in [0, 0.1) is 0 Å². The Morgan fingerprint density at radius 2 is 1.71 bits per heavy atom. The molecule has 1 aromatic carbocycles. The fourth-order valence-corrected chi connectivity index (χ4v) is 3.06. The molecule has 0 bridgehead atoms. The average Bonchev–Trinajstić information content (AvgIpc) is 2.45. The minimum absolute atomic E-state index is 0.180. The number of pyridine rings is 1. The van der Waals surface area contributed by atoms with Gasteiger partial charge in [-0.1, -0.05) is 43.1 Å². The van der Waals surface area contributed by atoms with Gasteiger partial charge in [0.25, 0.3) is 0 Å². The minimum Gasteiger partial charge on any atom is -0.256 e. The third kappa shape index (κ3) is 2.71. The molecule has 3 aromatic rings. The molecule has 0 atom stereocenters. The summed E-state index contributed by atoms with van der Waals surface area (Å²) >= 11 is 12.5. The summed E-state index contributed by atoms with van der Waals surface area (Å²) in [6, 6.07) is 9.74. The molecule has 2 heterocycles. The van der Waals surface area contributed by atoms with E-state index in [9.17, 15) is 0 Å². The van der Waals surface area contributed by atoms with Gasteiger partial charge in [-0.25, -0.2) is 9.97 Å². The summed E-state index contributed by atoms with van der Waals surface area (Å²) in [4.78, 5) is 13.1. The van der Waals surface area contributed by atoms with Crippen molar-refractivity contribution in [2.24, 2.45) is 0 Å². The van der Waals surface area contributed by atoms with E-state index < -0.39 is 0 Å². The molecule has 2 aromatic heterocycles. The summed E-state index contributed by atoms with van der Waals surface area (Å²) in [6.45, 7) is 4.02. The van der Waals surface area contributed by atoms with Crippen LogP contribution in [0.25, 0.3) is 22.3 Å². The molecule has 0 amide bonds. The Labute approximate surface area is 133 Å². The molecule has 21 heavy (non-hydrogen) atoms. The quantitative estimate of drug-likeness (QED) is 0.615. The van der Waals surface area contributed by atoms with Gasteiger partial charge in [-0.15, -0.1) is 0 Å². The van der Waals surface area contributed by atoms with Gasteiger partial charge >= 0.3 is 0 Å². The summed E-state index contributed by atoms with van der Waals surface area (Å²) in [6.07, 6.45) is 1.77. The van der Waals surface area contributed by atoms with Gasteiger partial charge in [0.15, 0.2) is 5.82 Å². The highest BCUT2D eigenvalue weighted by Gasteiger charge is 2.15. The van der Waals surface area contributed by atoms with Crippen LogP contribution >= 0.6 is 23.2 Å². The molecule has 0 aliphatic carbocycles. The lowest BCUT2D eigenvalue weighted by Crippen LogP contribution is -1.99. The van der Waals surface area contributed by atoms with Gasteiger partial charge < -0.3 is 0 Å². The van der Waals surface area contributed by atoms with Crippen molar-refractivity contribution in [1.29, 1.82) is 0 Å². The molecule has 5 heteroatoms. The molecule has 3 nitrogen and oxygen atoms in total. The van der Waals surface area contributed by atoms with Crippen LogP contribution in [0.15, 0.2) is 36.5 Å². The van der Waals surface area contributed by atoms with Gasteiger partial charge in [0, 0.05) is 22.7 Å². The molecule has 0 spiro atoms. The third-order valence-electron chi connectivity index (χ3n) is 3.29. The largest absolute Gasteiger partial charge is 0.256 e. The lowest BCUT2D eigenvalue weighted by atomic mass is 10.1. The van der Waals surface area contributed by atoms with Crippen molar-refractivity contribution in [3.63, 3.8) is 0 Å². The Balaban J connectivity index is 2.14. The second-order valence-corrected chi connectivity index (χ2v) is 5.82. The van der Waals surface area contributed by atoms with Crippen molar-refractivity contribution in [2.45, 2.75) is 19.8 Å². The second kappa shape index (κ2) is 5.58. The maximum Gasteiger partial charge on any atom is 0.162 e. The van der Waals surface area contributed by atoms with Crippen molar-refractivity contribution in [2.75, 3.05) is 0 Å². The number of hydrogen-bond acceptors (Lipinski definition) is 3. The Hall–Kier alpha value is -1.71. The van der Waals surface area contributed by atoms with Crippen LogP contribution in [-0.4, -0.2) is 15.0 Å². The van der Waals surface area contributed by atoms with E-state index in [2.05, 4.69) is 15.0 Å². The van der Waals surface area contributed by atoms with Crippen LogP contribution in [0.2, 0.25) is 10.3 Å². The van der Waals surface area contributed by atoms with Crippen LogP contribution in [-0.2, 0) is 0 Å². The summed E-state index contributed by atoms with van der Waals surface area (Å²) in [7, 11) is 0. The molecule has 3 rings (SSSR count). The van der Waals surface area contributed by atoms with Gasteiger partial charge in [-0.05, 0) is 30.2 Å². The van der Waals surface area contributed by atoms with Crippen molar-refractivity contribution in [1.82, 2.24) is 15.0 Å². The highest BCUT2D eigenvalue weighted by molar-refractivity contribution is 6.34. The molecular formula is C16H13Cl2N3. The van der Waals surface area contributed by atoms with E-state index >= 15 is 0 Å². The van der Waals surface area contributed by atoms with E-state index in [0.717, 1.165) is 22.0 Å². The first-order valence-corrected chi connectivity index (χ1v) is 7.40. The normalized spacial score (nSPS) is 11.3. The SMILES string of the molecule is CC(C)c1c(Cl)nc(-c2ccc3ncccc3c2)nc1Cl.